The maximum absolute atomic E-state index is 12.4. The summed E-state index contributed by atoms with van der Waals surface area (Å²) in [5.41, 5.74) is 3.15. The van der Waals surface area contributed by atoms with E-state index < -0.39 is 0 Å². The Labute approximate surface area is 193 Å². The monoisotopic (exact) mass is 450 g/mol. The molecule has 0 atom stereocenters. The zero-order valence-corrected chi connectivity index (χ0v) is 18.7. The van der Waals surface area contributed by atoms with Crippen molar-refractivity contribution in [1.29, 1.82) is 0 Å². The lowest BCUT2D eigenvalue weighted by atomic mass is 10.1. The van der Waals surface area contributed by atoms with Crippen LogP contribution in [-0.2, 0) is 20.7 Å². The van der Waals surface area contributed by atoms with E-state index in [1.54, 1.807) is 29.2 Å². The van der Waals surface area contributed by atoms with Crippen molar-refractivity contribution in [3.8, 4) is 0 Å². The molecule has 8 heteroatoms. The van der Waals surface area contributed by atoms with E-state index in [9.17, 15) is 14.4 Å². The van der Waals surface area contributed by atoms with Crippen LogP contribution in [0.3, 0.4) is 0 Å². The first-order valence-electron chi connectivity index (χ1n) is 11.5. The van der Waals surface area contributed by atoms with E-state index >= 15 is 0 Å². The molecule has 0 bridgehead atoms. The molecule has 3 amide bonds. The Morgan fingerprint density at radius 1 is 0.939 bits per heavy atom. The topological polar surface area (TPSA) is 91.0 Å². The molecule has 2 N–H and O–H groups in total. The van der Waals surface area contributed by atoms with Gasteiger partial charge in [0.25, 0.3) is 5.91 Å². The molecule has 2 saturated heterocycles. The molecule has 33 heavy (non-hydrogen) atoms. The van der Waals surface area contributed by atoms with Crippen molar-refractivity contribution in [3.63, 3.8) is 0 Å². The molecule has 2 aromatic rings. The van der Waals surface area contributed by atoms with Crippen LogP contribution in [0.2, 0.25) is 0 Å². The van der Waals surface area contributed by atoms with Crippen LogP contribution in [0, 0.1) is 0 Å². The Bertz CT molecular complexity index is 969. The molecule has 2 fully saturated rings. The highest BCUT2D eigenvalue weighted by Crippen LogP contribution is 2.21. The second kappa shape index (κ2) is 11.1. The van der Waals surface area contributed by atoms with Crippen molar-refractivity contribution in [2.24, 2.45) is 0 Å². The number of rotatable bonds is 8. The van der Waals surface area contributed by atoms with Gasteiger partial charge in [-0.05, 0) is 54.8 Å². The summed E-state index contributed by atoms with van der Waals surface area (Å²) in [5.74, 6) is -0.513. The average molecular weight is 451 g/mol. The van der Waals surface area contributed by atoms with E-state index in [0.717, 1.165) is 51.4 Å². The van der Waals surface area contributed by atoms with Crippen molar-refractivity contribution >= 4 is 29.1 Å². The van der Waals surface area contributed by atoms with Crippen LogP contribution >= 0.6 is 0 Å². The normalized spacial score (nSPS) is 16.6. The molecule has 2 aliphatic rings. The van der Waals surface area contributed by atoms with Crippen molar-refractivity contribution in [2.75, 3.05) is 56.2 Å². The van der Waals surface area contributed by atoms with Gasteiger partial charge in [-0.1, -0.05) is 12.1 Å². The second-order valence-electron chi connectivity index (χ2n) is 8.33. The molecule has 4 rings (SSSR count). The first-order chi connectivity index (χ1) is 16.1. The summed E-state index contributed by atoms with van der Waals surface area (Å²) in [6.07, 6.45) is 2.37. The van der Waals surface area contributed by atoms with Gasteiger partial charge in [-0.3, -0.25) is 19.3 Å². The molecule has 174 valence electrons. The third-order valence-corrected chi connectivity index (χ3v) is 5.98. The quantitative estimate of drug-likeness (QED) is 0.643. The summed E-state index contributed by atoms with van der Waals surface area (Å²) in [6.45, 7) is 5.13. The minimum absolute atomic E-state index is 0.106. The van der Waals surface area contributed by atoms with Gasteiger partial charge in [0.1, 0.15) is 0 Å². The lowest BCUT2D eigenvalue weighted by Crippen LogP contribution is -2.37. The number of hydrogen-bond acceptors (Lipinski definition) is 5. The van der Waals surface area contributed by atoms with E-state index in [-0.39, 0.29) is 24.3 Å². The zero-order chi connectivity index (χ0) is 23.0. The number of nitrogens with zero attached hydrogens (tertiary/aromatic N) is 2. The number of ether oxygens (including phenoxy) is 1. The highest BCUT2D eigenvalue weighted by molar-refractivity contribution is 6.00. The van der Waals surface area contributed by atoms with Gasteiger partial charge in [-0.25, -0.2) is 0 Å². The first-order valence-corrected chi connectivity index (χ1v) is 11.5. The zero-order valence-electron chi connectivity index (χ0n) is 18.7. The Morgan fingerprint density at radius 2 is 1.67 bits per heavy atom. The number of carbonyl (C=O) groups excluding carboxylic acids is 3. The number of benzene rings is 2. The van der Waals surface area contributed by atoms with Gasteiger partial charge in [-0.2, -0.15) is 0 Å². The number of morpholine rings is 1. The largest absolute Gasteiger partial charge is 0.379 e. The summed E-state index contributed by atoms with van der Waals surface area (Å²) >= 11 is 0. The van der Waals surface area contributed by atoms with E-state index in [0.29, 0.717) is 24.2 Å². The van der Waals surface area contributed by atoms with Crippen LogP contribution in [0.1, 0.15) is 28.8 Å². The Balaban J connectivity index is 1.20. The van der Waals surface area contributed by atoms with Gasteiger partial charge in [0.15, 0.2) is 0 Å². The van der Waals surface area contributed by atoms with Crippen LogP contribution < -0.4 is 15.5 Å². The summed E-state index contributed by atoms with van der Waals surface area (Å²) in [6, 6.07) is 14.7. The fourth-order valence-electron chi connectivity index (χ4n) is 4.05. The van der Waals surface area contributed by atoms with E-state index in [1.165, 1.54) is 5.56 Å². The van der Waals surface area contributed by atoms with E-state index in [2.05, 4.69) is 15.5 Å². The predicted octanol–water partition coefficient (Wildman–Crippen LogP) is 2.06. The van der Waals surface area contributed by atoms with Crippen LogP contribution in [0.4, 0.5) is 11.4 Å². The van der Waals surface area contributed by atoms with Crippen LogP contribution in [0.15, 0.2) is 48.5 Å². The number of nitrogens with one attached hydrogen (secondary N) is 2. The minimum Gasteiger partial charge on any atom is -0.379 e. The third kappa shape index (κ3) is 6.40. The fourth-order valence-corrected chi connectivity index (χ4v) is 4.05. The van der Waals surface area contributed by atoms with Crippen molar-refractivity contribution in [3.05, 3.63) is 59.7 Å². The van der Waals surface area contributed by atoms with Crippen molar-refractivity contribution < 1.29 is 19.1 Å². The molecule has 0 saturated carbocycles. The summed E-state index contributed by atoms with van der Waals surface area (Å²) in [4.78, 5) is 40.6. The molecule has 0 unspecified atom stereocenters. The number of anilines is 2. The van der Waals surface area contributed by atoms with Gasteiger partial charge in [-0.15, -0.1) is 0 Å². The van der Waals surface area contributed by atoms with Crippen LogP contribution in [-0.4, -0.2) is 68.6 Å². The SMILES string of the molecule is O=C(CNC(=O)c1ccc(N2CCCC2=O)cc1)Nc1ccc(CCN2CCOCC2)cc1. The minimum atomic E-state index is -0.331. The van der Waals surface area contributed by atoms with Gasteiger partial charge in [0, 0.05) is 49.5 Å². The molecule has 8 nitrogen and oxygen atoms in total. The number of carbonyl (C=O) groups is 3. The highest BCUT2D eigenvalue weighted by atomic mass is 16.5. The average Bonchev–Trinajstić information content (AvgIpc) is 3.28. The van der Waals surface area contributed by atoms with Gasteiger partial charge in [0.2, 0.25) is 11.8 Å². The summed E-state index contributed by atoms with van der Waals surface area (Å²) in [7, 11) is 0. The van der Waals surface area contributed by atoms with Gasteiger partial charge >= 0.3 is 0 Å². The van der Waals surface area contributed by atoms with Crippen molar-refractivity contribution in [2.45, 2.75) is 19.3 Å². The Hall–Kier alpha value is -3.23. The molecule has 2 heterocycles. The fraction of sp³-hybridized carbons (Fsp3) is 0.400. The third-order valence-electron chi connectivity index (χ3n) is 5.98. The van der Waals surface area contributed by atoms with E-state index in [4.69, 9.17) is 4.74 Å². The Kier molecular flexibility index (Phi) is 7.70. The summed E-state index contributed by atoms with van der Waals surface area (Å²) < 4.78 is 5.37. The lowest BCUT2D eigenvalue weighted by Gasteiger charge is -2.26. The molecule has 0 aromatic heterocycles. The molecule has 2 aliphatic heterocycles. The summed E-state index contributed by atoms with van der Waals surface area (Å²) in [5, 5.41) is 5.45. The predicted molar refractivity (Wildman–Crippen MR) is 126 cm³/mol. The first kappa shape index (κ1) is 22.9. The maximum atomic E-state index is 12.4. The molecular formula is C25H30N4O4. The lowest BCUT2D eigenvalue weighted by molar-refractivity contribution is -0.117. The molecule has 0 radical (unpaired) electrons. The van der Waals surface area contributed by atoms with Crippen LogP contribution in [0.5, 0.6) is 0 Å². The number of hydrogen-bond donors (Lipinski definition) is 2. The van der Waals surface area contributed by atoms with Crippen LogP contribution in [0.25, 0.3) is 0 Å². The molecule has 0 spiro atoms. The Morgan fingerprint density at radius 3 is 2.33 bits per heavy atom. The van der Waals surface area contributed by atoms with Crippen molar-refractivity contribution in [1.82, 2.24) is 10.2 Å². The maximum Gasteiger partial charge on any atom is 0.251 e. The molecular weight excluding hydrogens is 420 g/mol. The highest BCUT2D eigenvalue weighted by Gasteiger charge is 2.21. The smallest absolute Gasteiger partial charge is 0.251 e. The molecule has 2 aromatic carbocycles. The number of amides is 3. The standard InChI is InChI=1S/C25H30N4O4/c30-23(27-21-7-3-19(4-8-21)11-13-28-14-16-33-17-15-28)18-26-25(32)20-5-9-22(10-6-20)29-12-1-2-24(29)31/h3-10H,1-2,11-18H2,(H,26,32)(H,27,30). The molecule has 0 aliphatic carbocycles. The van der Waals surface area contributed by atoms with E-state index in [1.807, 2.05) is 24.3 Å². The second-order valence-corrected chi connectivity index (χ2v) is 8.33. The van der Waals surface area contributed by atoms with Gasteiger partial charge in [0.05, 0.1) is 19.8 Å². The van der Waals surface area contributed by atoms with Gasteiger partial charge < -0.3 is 20.3 Å².